The predicted molar refractivity (Wildman–Crippen MR) is 69.2 cm³/mol. The molecule has 0 unspecified atom stereocenters. The van der Waals surface area contributed by atoms with Gasteiger partial charge in [-0.05, 0) is 37.6 Å². The van der Waals surface area contributed by atoms with Crippen molar-refractivity contribution in [2.75, 3.05) is 5.73 Å². The van der Waals surface area contributed by atoms with E-state index in [9.17, 15) is 0 Å². The maximum atomic E-state index is 5.56. The fourth-order valence-electron chi connectivity index (χ4n) is 1.36. The van der Waals surface area contributed by atoms with E-state index < -0.39 is 0 Å². The molecule has 0 amide bonds. The molecule has 0 aliphatic carbocycles. The second-order valence-electron chi connectivity index (χ2n) is 3.35. The third-order valence-electron chi connectivity index (χ3n) is 2.02. The van der Waals surface area contributed by atoms with Gasteiger partial charge in [0.15, 0.2) is 5.13 Å². The summed E-state index contributed by atoms with van der Waals surface area (Å²) in [7, 11) is 0. The van der Waals surface area contributed by atoms with Crippen LogP contribution in [0.4, 0.5) is 5.13 Å². The van der Waals surface area contributed by atoms with E-state index in [0.717, 1.165) is 5.69 Å². The molecule has 2 aromatic heterocycles. The Kier molecular flexibility index (Phi) is 2.88. The van der Waals surface area contributed by atoms with Crippen molar-refractivity contribution in [3.8, 4) is 0 Å². The number of hydrogen-bond acceptors (Lipinski definition) is 4. The highest BCUT2D eigenvalue weighted by atomic mass is 32.1. The summed E-state index contributed by atoms with van der Waals surface area (Å²) in [5.41, 5.74) is 7.81. The number of nitrogens with zero attached hydrogens (tertiary/aromatic N) is 1. The largest absolute Gasteiger partial charge is 0.375 e. The lowest BCUT2D eigenvalue weighted by Gasteiger charge is -1.87. The summed E-state index contributed by atoms with van der Waals surface area (Å²) in [6.07, 6.45) is 4.10. The standard InChI is InChI=1S/C11H12N2S2/c1-7-5-8(2)15-10(7)4-3-9-6-14-11(12)13-9/h3-6H,1-2H3,(H2,12,13)/b4-3+. The molecule has 0 saturated carbocycles. The zero-order chi connectivity index (χ0) is 10.8. The van der Waals surface area contributed by atoms with Gasteiger partial charge in [-0.25, -0.2) is 4.98 Å². The molecule has 0 spiro atoms. The average Bonchev–Trinajstić information content (AvgIpc) is 2.70. The van der Waals surface area contributed by atoms with Gasteiger partial charge in [0.25, 0.3) is 0 Å². The lowest BCUT2D eigenvalue weighted by Crippen LogP contribution is -1.80. The molecule has 0 aliphatic heterocycles. The van der Waals surface area contributed by atoms with Crippen LogP contribution in [0.3, 0.4) is 0 Å². The summed E-state index contributed by atoms with van der Waals surface area (Å²) < 4.78 is 0. The van der Waals surface area contributed by atoms with Gasteiger partial charge >= 0.3 is 0 Å². The Hall–Kier alpha value is -1.13. The fraction of sp³-hybridized carbons (Fsp3) is 0.182. The minimum absolute atomic E-state index is 0.619. The molecule has 4 heteroatoms. The number of nitrogen functional groups attached to an aromatic ring is 1. The van der Waals surface area contributed by atoms with Gasteiger partial charge in [0.2, 0.25) is 0 Å². The van der Waals surface area contributed by atoms with Crippen LogP contribution in [-0.2, 0) is 0 Å². The van der Waals surface area contributed by atoms with Gasteiger partial charge in [-0.15, -0.1) is 22.7 Å². The maximum absolute atomic E-state index is 5.56. The molecule has 15 heavy (non-hydrogen) atoms. The van der Waals surface area contributed by atoms with Gasteiger partial charge in [-0.1, -0.05) is 0 Å². The highest BCUT2D eigenvalue weighted by Crippen LogP contribution is 2.23. The lowest BCUT2D eigenvalue weighted by atomic mass is 10.2. The Morgan fingerprint density at radius 3 is 2.67 bits per heavy atom. The van der Waals surface area contributed by atoms with E-state index in [1.807, 2.05) is 11.5 Å². The maximum Gasteiger partial charge on any atom is 0.180 e. The molecule has 2 aromatic rings. The molecular formula is C11H12N2S2. The number of aryl methyl sites for hydroxylation is 2. The number of aromatic nitrogens is 1. The van der Waals surface area contributed by atoms with Crippen LogP contribution in [0.1, 0.15) is 21.0 Å². The van der Waals surface area contributed by atoms with Gasteiger partial charge in [0.1, 0.15) is 0 Å². The monoisotopic (exact) mass is 236 g/mol. The van der Waals surface area contributed by atoms with E-state index in [1.54, 1.807) is 11.3 Å². The Balaban J connectivity index is 2.21. The minimum Gasteiger partial charge on any atom is -0.375 e. The van der Waals surface area contributed by atoms with Crippen molar-refractivity contribution in [3.63, 3.8) is 0 Å². The fourth-order valence-corrected chi connectivity index (χ4v) is 2.83. The van der Waals surface area contributed by atoms with Crippen LogP contribution >= 0.6 is 22.7 Å². The van der Waals surface area contributed by atoms with Gasteiger partial charge in [0, 0.05) is 15.1 Å². The van der Waals surface area contributed by atoms with Crippen molar-refractivity contribution in [1.29, 1.82) is 0 Å². The van der Waals surface area contributed by atoms with Crippen molar-refractivity contribution in [3.05, 3.63) is 32.5 Å². The number of thiazole rings is 1. The average molecular weight is 236 g/mol. The second-order valence-corrected chi connectivity index (χ2v) is 5.53. The second kappa shape index (κ2) is 4.16. The van der Waals surface area contributed by atoms with Crippen LogP contribution in [0.2, 0.25) is 0 Å². The van der Waals surface area contributed by atoms with E-state index in [0.29, 0.717) is 5.13 Å². The van der Waals surface area contributed by atoms with E-state index >= 15 is 0 Å². The highest BCUT2D eigenvalue weighted by Gasteiger charge is 1.99. The summed E-state index contributed by atoms with van der Waals surface area (Å²) in [6, 6.07) is 2.19. The molecule has 0 aliphatic rings. The molecular weight excluding hydrogens is 224 g/mol. The number of anilines is 1. The van der Waals surface area contributed by atoms with Gasteiger partial charge in [-0.2, -0.15) is 0 Å². The first-order valence-electron chi connectivity index (χ1n) is 4.61. The molecule has 2 nitrogen and oxygen atoms in total. The number of thiophene rings is 1. The van der Waals surface area contributed by atoms with Crippen molar-refractivity contribution in [2.24, 2.45) is 0 Å². The molecule has 0 radical (unpaired) electrons. The quantitative estimate of drug-likeness (QED) is 0.865. The molecule has 0 saturated heterocycles. The molecule has 2 heterocycles. The van der Waals surface area contributed by atoms with Gasteiger partial charge in [0.05, 0.1) is 5.69 Å². The van der Waals surface area contributed by atoms with Gasteiger partial charge in [-0.3, -0.25) is 0 Å². The SMILES string of the molecule is Cc1cc(C)c(/C=C/c2csc(N)n2)s1. The van der Waals surface area contributed by atoms with Crippen LogP contribution in [0.15, 0.2) is 11.4 Å². The third kappa shape index (κ3) is 2.46. The molecule has 78 valence electrons. The summed E-state index contributed by atoms with van der Waals surface area (Å²) in [5.74, 6) is 0. The van der Waals surface area contributed by atoms with Crippen LogP contribution in [-0.4, -0.2) is 4.98 Å². The van der Waals surface area contributed by atoms with E-state index in [2.05, 4.69) is 31.0 Å². The van der Waals surface area contributed by atoms with Crippen LogP contribution in [0, 0.1) is 13.8 Å². The third-order valence-corrected chi connectivity index (χ3v) is 3.83. The molecule has 2 rings (SSSR count). The topological polar surface area (TPSA) is 38.9 Å². The first kappa shape index (κ1) is 10.4. The summed E-state index contributed by atoms with van der Waals surface area (Å²) in [5, 5.41) is 2.58. The van der Waals surface area contributed by atoms with Crippen molar-refractivity contribution < 1.29 is 0 Å². The molecule has 2 N–H and O–H groups in total. The Morgan fingerprint density at radius 1 is 1.33 bits per heavy atom. The van der Waals surface area contributed by atoms with Crippen LogP contribution < -0.4 is 5.73 Å². The van der Waals surface area contributed by atoms with Crippen molar-refractivity contribution in [2.45, 2.75) is 13.8 Å². The normalized spacial score (nSPS) is 11.3. The smallest absolute Gasteiger partial charge is 0.180 e. The van der Waals surface area contributed by atoms with Crippen molar-refractivity contribution >= 4 is 40.0 Å². The van der Waals surface area contributed by atoms with E-state index in [4.69, 9.17) is 5.73 Å². The zero-order valence-corrected chi connectivity index (χ0v) is 10.3. The van der Waals surface area contributed by atoms with E-state index in [1.165, 1.54) is 26.7 Å². The lowest BCUT2D eigenvalue weighted by molar-refractivity contribution is 1.39. The zero-order valence-electron chi connectivity index (χ0n) is 8.65. The summed E-state index contributed by atoms with van der Waals surface area (Å²) in [6.45, 7) is 4.24. The van der Waals surface area contributed by atoms with Crippen LogP contribution in [0.5, 0.6) is 0 Å². The molecule has 0 aromatic carbocycles. The van der Waals surface area contributed by atoms with Crippen LogP contribution in [0.25, 0.3) is 12.2 Å². The molecule has 0 atom stereocenters. The van der Waals surface area contributed by atoms with Crippen molar-refractivity contribution in [1.82, 2.24) is 4.98 Å². The first-order valence-corrected chi connectivity index (χ1v) is 6.31. The Bertz CT molecular complexity index is 494. The number of rotatable bonds is 2. The Morgan fingerprint density at radius 2 is 2.13 bits per heavy atom. The summed E-state index contributed by atoms with van der Waals surface area (Å²) in [4.78, 5) is 6.81. The Labute approximate surface area is 97.1 Å². The number of hydrogen-bond donors (Lipinski definition) is 1. The van der Waals surface area contributed by atoms with E-state index in [-0.39, 0.29) is 0 Å². The number of nitrogens with two attached hydrogens (primary N) is 1. The molecule has 0 bridgehead atoms. The predicted octanol–water partition coefficient (Wildman–Crippen LogP) is 3.57. The summed E-state index contributed by atoms with van der Waals surface area (Å²) >= 11 is 3.27. The molecule has 0 fully saturated rings. The highest BCUT2D eigenvalue weighted by molar-refractivity contribution is 7.13. The minimum atomic E-state index is 0.619. The first-order chi connectivity index (χ1) is 7.15. The van der Waals surface area contributed by atoms with Gasteiger partial charge < -0.3 is 5.73 Å².